The van der Waals surface area contributed by atoms with Crippen molar-refractivity contribution in [2.75, 3.05) is 5.32 Å². The van der Waals surface area contributed by atoms with Crippen molar-refractivity contribution >= 4 is 11.6 Å². The smallest absolute Gasteiger partial charge is 0.387 e. The number of amides is 1. The van der Waals surface area contributed by atoms with E-state index in [0.29, 0.717) is 16.8 Å². The lowest BCUT2D eigenvalue weighted by molar-refractivity contribution is -0.0494. The molecule has 0 unspecified atom stereocenters. The number of H-pyrrole nitrogens is 1. The molecule has 8 heteroatoms. The van der Waals surface area contributed by atoms with Crippen LogP contribution in [0.25, 0.3) is 11.3 Å². The molecule has 3 aromatic rings. The summed E-state index contributed by atoms with van der Waals surface area (Å²) in [5.74, 6) is -1.09. The number of hydrogen-bond donors (Lipinski definition) is 2. The molecular weight excluding hydrogens is 347 g/mol. The quantitative estimate of drug-likeness (QED) is 0.709. The zero-order chi connectivity index (χ0) is 18.7. The van der Waals surface area contributed by atoms with Gasteiger partial charge in [0.15, 0.2) is 0 Å². The van der Waals surface area contributed by atoms with Gasteiger partial charge in [0, 0.05) is 5.56 Å². The van der Waals surface area contributed by atoms with E-state index in [1.807, 2.05) is 0 Å². The lowest BCUT2D eigenvalue weighted by atomic mass is 10.1. The molecule has 1 heterocycles. The van der Waals surface area contributed by atoms with E-state index in [4.69, 9.17) is 0 Å². The second-order valence-electron chi connectivity index (χ2n) is 5.51. The molecule has 0 aliphatic heterocycles. The second-order valence-corrected chi connectivity index (χ2v) is 5.51. The van der Waals surface area contributed by atoms with Crippen LogP contribution in [0.2, 0.25) is 0 Å². The summed E-state index contributed by atoms with van der Waals surface area (Å²) in [7, 11) is 0. The molecule has 0 radical (unpaired) electrons. The third kappa shape index (κ3) is 4.02. The fourth-order valence-corrected chi connectivity index (χ4v) is 2.32. The van der Waals surface area contributed by atoms with Crippen LogP contribution in [0.3, 0.4) is 0 Å². The van der Waals surface area contributed by atoms with Gasteiger partial charge in [-0.25, -0.2) is 4.39 Å². The summed E-state index contributed by atoms with van der Waals surface area (Å²) in [5, 5.41) is 9.07. The third-order valence-corrected chi connectivity index (χ3v) is 3.56. The SMILES string of the molecule is Cc1ccc(NC(=O)c2cc(-c3ccc(F)cc3)n[nH]2)c(OC(F)F)c1. The molecule has 0 spiro atoms. The van der Waals surface area contributed by atoms with Gasteiger partial charge in [-0.2, -0.15) is 13.9 Å². The molecule has 1 aromatic heterocycles. The molecule has 134 valence electrons. The van der Waals surface area contributed by atoms with Crippen LogP contribution in [0.5, 0.6) is 5.75 Å². The van der Waals surface area contributed by atoms with Crippen molar-refractivity contribution in [2.45, 2.75) is 13.5 Å². The Morgan fingerprint density at radius 1 is 1.15 bits per heavy atom. The number of aromatic nitrogens is 2. The van der Waals surface area contributed by atoms with Crippen LogP contribution in [-0.2, 0) is 0 Å². The number of carbonyl (C=O) groups is 1. The second kappa shape index (κ2) is 7.30. The van der Waals surface area contributed by atoms with Crippen molar-refractivity contribution < 1.29 is 22.7 Å². The van der Waals surface area contributed by atoms with Crippen LogP contribution in [0.4, 0.5) is 18.9 Å². The molecule has 0 aliphatic carbocycles. The highest BCUT2D eigenvalue weighted by Crippen LogP contribution is 2.28. The highest BCUT2D eigenvalue weighted by Gasteiger charge is 2.16. The summed E-state index contributed by atoms with van der Waals surface area (Å²) in [5.41, 5.74) is 2.01. The number of ether oxygens (including phenoxy) is 1. The number of aromatic amines is 1. The maximum atomic E-state index is 13.0. The predicted octanol–water partition coefficient (Wildman–Crippen LogP) is 4.38. The van der Waals surface area contributed by atoms with E-state index in [9.17, 15) is 18.0 Å². The molecule has 0 saturated carbocycles. The van der Waals surface area contributed by atoms with E-state index in [-0.39, 0.29) is 22.9 Å². The van der Waals surface area contributed by atoms with Gasteiger partial charge in [0.05, 0.1) is 11.4 Å². The van der Waals surface area contributed by atoms with Gasteiger partial charge in [0.1, 0.15) is 17.3 Å². The highest BCUT2D eigenvalue weighted by atomic mass is 19.3. The Morgan fingerprint density at radius 3 is 2.58 bits per heavy atom. The standard InChI is InChI=1S/C18H14F3N3O2/c1-10-2-7-13(16(8-10)26-18(20)21)22-17(25)15-9-14(23-24-15)11-3-5-12(19)6-4-11/h2-9,18H,1H3,(H,22,25)(H,23,24). The average molecular weight is 361 g/mol. The number of benzene rings is 2. The van der Waals surface area contributed by atoms with Gasteiger partial charge >= 0.3 is 6.61 Å². The van der Waals surface area contributed by atoms with E-state index < -0.39 is 12.5 Å². The number of carbonyl (C=O) groups excluding carboxylic acids is 1. The number of alkyl halides is 2. The molecule has 0 fully saturated rings. The molecule has 2 N–H and O–H groups in total. The van der Waals surface area contributed by atoms with E-state index in [2.05, 4.69) is 20.3 Å². The van der Waals surface area contributed by atoms with Crippen LogP contribution in [-0.4, -0.2) is 22.7 Å². The van der Waals surface area contributed by atoms with E-state index in [0.717, 1.165) is 0 Å². The molecule has 1 amide bonds. The average Bonchev–Trinajstić information content (AvgIpc) is 3.07. The number of halogens is 3. The summed E-state index contributed by atoms with van der Waals surface area (Å²) in [6.45, 7) is -1.29. The third-order valence-electron chi connectivity index (χ3n) is 3.56. The van der Waals surface area contributed by atoms with Gasteiger partial charge in [-0.1, -0.05) is 6.07 Å². The Kier molecular flexibility index (Phi) is 4.92. The van der Waals surface area contributed by atoms with Crippen molar-refractivity contribution in [1.29, 1.82) is 0 Å². The summed E-state index contributed by atoms with van der Waals surface area (Å²) >= 11 is 0. The summed E-state index contributed by atoms with van der Waals surface area (Å²) in [6.07, 6.45) is 0. The molecule has 0 saturated heterocycles. The van der Waals surface area contributed by atoms with E-state index in [1.54, 1.807) is 13.0 Å². The summed E-state index contributed by atoms with van der Waals surface area (Å²) in [4.78, 5) is 12.4. The van der Waals surface area contributed by atoms with E-state index in [1.165, 1.54) is 42.5 Å². The maximum Gasteiger partial charge on any atom is 0.387 e. The first-order valence-corrected chi connectivity index (χ1v) is 7.60. The number of rotatable bonds is 5. The van der Waals surface area contributed by atoms with Gasteiger partial charge in [0.2, 0.25) is 0 Å². The first kappa shape index (κ1) is 17.5. The maximum absolute atomic E-state index is 13.0. The monoisotopic (exact) mass is 361 g/mol. The minimum absolute atomic E-state index is 0.110. The summed E-state index contributed by atoms with van der Waals surface area (Å²) < 4.78 is 42.5. The van der Waals surface area contributed by atoms with Gasteiger partial charge < -0.3 is 10.1 Å². The van der Waals surface area contributed by atoms with Crippen LogP contribution >= 0.6 is 0 Å². The number of nitrogens with zero attached hydrogens (tertiary/aromatic N) is 1. The number of nitrogens with one attached hydrogen (secondary N) is 2. The molecule has 0 aliphatic rings. The van der Waals surface area contributed by atoms with Gasteiger partial charge in [-0.3, -0.25) is 9.89 Å². The first-order chi connectivity index (χ1) is 12.4. The van der Waals surface area contributed by atoms with Crippen LogP contribution < -0.4 is 10.1 Å². The lowest BCUT2D eigenvalue weighted by Crippen LogP contribution is -2.14. The highest BCUT2D eigenvalue weighted by molar-refractivity contribution is 6.04. The van der Waals surface area contributed by atoms with Crippen molar-refractivity contribution in [3.63, 3.8) is 0 Å². The normalized spacial score (nSPS) is 10.8. The fourth-order valence-electron chi connectivity index (χ4n) is 2.32. The van der Waals surface area contributed by atoms with Gasteiger partial charge in [0.25, 0.3) is 5.91 Å². The van der Waals surface area contributed by atoms with E-state index >= 15 is 0 Å². The molecule has 0 bridgehead atoms. The predicted molar refractivity (Wildman–Crippen MR) is 89.7 cm³/mol. The molecule has 3 rings (SSSR count). The Hall–Kier alpha value is -3.29. The van der Waals surface area contributed by atoms with Crippen molar-refractivity contribution in [3.8, 4) is 17.0 Å². The number of aryl methyl sites for hydroxylation is 1. The largest absolute Gasteiger partial charge is 0.433 e. The fraction of sp³-hybridized carbons (Fsp3) is 0.111. The lowest BCUT2D eigenvalue weighted by Gasteiger charge is -2.12. The minimum Gasteiger partial charge on any atom is -0.433 e. The number of hydrogen-bond acceptors (Lipinski definition) is 3. The van der Waals surface area contributed by atoms with Crippen LogP contribution in [0.15, 0.2) is 48.5 Å². The Labute approximate surface area is 146 Å². The molecule has 0 atom stereocenters. The van der Waals surface area contributed by atoms with Crippen LogP contribution in [0.1, 0.15) is 16.1 Å². The molecule has 5 nitrogen and oxygen atoms in total. The minimum atomic E-state index is -3.01. The van der Waals surface area contributed by atoms with Gasteiger partial charge in [-0.05, 0) is 55.0 Å². The van der Waals surface area contributed by atoms with Crippen molar-refractivity contribution in [1.82, 2.24) is 10.2 Å². The summed E-state index contributed by atoms with van der Waals surface area (Å²) in [6, 6.07) is 11.6. The molecule has 2 aromatic carbocycles. The Morgan fingerprint density at radius 2 is 1.88 bits per heavy atom. The first-order valence-electron chi connectivity index (χ1n) is 7.60. The Bertz CT molecular complexity index is 924. The topological polar surface area (TPSA) is 67.0 Å². The zero-order valence-corrected chi connectivity index (χ0v) is 13.6. The van der Waals surface area contributed by atoms with Crippen molar-refractivity contribution in [2.24, 2.45) is 0 Å². The molecule has 26 heavy (non-hydrogen) atoms. The van der Waals surface area contributed by atoms with Crippen LogP contribution in [0, 0.1) is 12.7 Å². The van der Waals surface area contributed by atoms with Crippen molar-refractivity contribution in [3.05, 3.63) is 65.6 Å². The Balaban J connectivity index is 1.80. The number of anilines is 1. The molecular formula is C18H14F3N3O2. The van der Waals surface area contributed by atoms with Gasteiger partial charge in [-0.15, -0.1) is 0 Å². The zero-order valence-electron chi connectivity index (χ0n) is 13.6.